The van der Waals surface area contributed by atoms with E-state index in [-0.39, 0.29) is 0 Å². The van der Waals surface area contributed by atoms with Gasteiger partial charge in [0.25, 0.3) is 0 Å². The molecule has 0 aliphatic rings. The summed E-state index contributed by atoms with van der Waals surface area (Å²) in [5, 5.41) is 0. The summed E-state index contributed by atoms with van der Waals surface area (Å²) in [7, 11) is 0. The first-order valence-electron chi connectivity index (χ1n) is 2.75. The van der Waals surface area contributed by atoms with Crippen molar-refractivity contribution in [1.82, 2.24) is 9.97 Å². The molecule has 0 N–H and O–H groups in total. The molecular weight excluding hydrogens is 219 g/mol. The molecule has 0 atom stereocenters. The van der Waals surface area contributed by atoms with Gasteiger partial charge in [0, 0.05) is 0 Å². The number of rotatable bonds is 1. The SMILES string of the molecule is Cc1cnc([CH2][Sn])cn1. The van der Waals surface area contributed by atoms with Crippen molar-refractivity contribution in [2.24, 2.45) is 0 Å². The van der Waals surface area contributed by atoms with E-state index >= 15 is 0 Å². The summed E-state index contributed by atoms with van der Waals surface area (Å²) in [6.45, 7) is 1.94. The predicted molar refractivity (Wildman–Crippen MR) is 36.2 cm³/mol. The Kier molecular flexibility index (Phi) is 2.45. The van der Waals surface area contributed by atoms with Gasteiger partial charge in [-0.2, -0.15) is 0 Å². The van der Waals surface area contributed by atoms with Crippen molar-refractivity contribution in [3.05, 3.63) is 23.8 Å². The zero-order valence-corrected chi connectivity index (χ0v) is 8.11. The molecule has 0 unspecified atom stereocenters. The maximum atomic E-state index is 4.16. The van der Waals surface area contributed by atoms with Crippen LogP contribution in [-0.2, 0) is 4.44 Å². The molecule has 45 valence electrons. The van der Waals surface area contributed by atoms with Crippen LogP contribution in [0.25, 0.3) is 0 Å². The summed E-state index contributed by atoms with van der Waals surface area (Å²) in [5.41, 5.74) is 2.09. The van der Waals surface area contributed by atoms with Crippen molar-refractivity contribution in [3.8, 4) is 0 Å². The number of hydrogen-bond donors (Lipinski definition) is 0. The Labute approximate surface area is 67.8 Å². The minimum atomic E-state index is 0.989. The Morgan fingerprint density at radius 3 is 2.67 bits per heavy atom. The Morgan fingerprint density at radius 2 is 2.22 bits per heavy atom. The van der Waals surface area contributed by atoms with Crippen LogP contribution >= 0.6 is 0 Å². The van der Waals surface area contributed by atoms with E-state index in [1.54, 1.807) is 6.20 Å². The van der Waals surface area contributed by atoms with E-state index < -0.39 is 0 Å². The van der Waals surface area contributed by atoms with Gasteiger partial charge in [0.15, 0.2) is 0 Å². The summed E-state index contributed by atoms with van der Waals surface area (Å²) in [5.74, 6) is 0. The van der Waals surface area contributed by atoms with E-state index in [4.69, 9.17) is 0 Å². The van der Waals surface area contributed by atoms with Crippen molar-refractivity contribution in [2.75, 3.05) is 0 Å². The van der Waals surface area contributed by atoms with Crippen LogP contribution in [0.2, 0.25) is 0 Å². The van der Waals surface area contributed by atoms with E-state index in [9.17, 15) is 0 Å². The fourth-order valence-electron chi connectivity index (χ4n) is 0.511. The fraction of sp³-hybridized carbons (Fsp3) is 0.333. The van der Waals surface area contributed by atoms with Crippen LogP contribution in [-0.4, -0.2) is 32.5 Å². The topological polar surface area (TPSA) is 25.8 Å². The summed E-state index contributed by atoms with van der Waals surface area (Å²) >= 11 is 1.49. The molecule has 3 heteroatoms. The van der Waals surface area contributed by atoms with Crippen LogP contribution in [0.4, 0.5) is 0 Å². The predicted octanol–water partition coefficient (Wildman–Crippen LogP) is 0.454. The first-order valence-corrected chi connectivity index (χ1v) is 4.77. The molecule has 9 heavy (non-hydrogen) atoms. The summed E-state index contributed by atoms with van der Waals surface area (Å²) in [4.78, 5) is 8.26. The van der Waals surface area contributed by atoms with Gasteiger partial charge >= 0.3 is 67.6 Å². The number of aromatic nitrogens is 2. The van der Waals surface area contributed by atoms with E-state index in [1.807, 2.05) is 13.1 Å². The molecule has 3 radical (unpaired) electrons. The molecule has 0 amide bonds. The Morgan fingerprint density at radius 1 is 1.44 bits per heavy atom. The fourth-order valence-corrected chi connectivity index (χ4v) is 1.03. The van der Waals surface area contributed by atoms with Crippen LogP contribution in [0.3, 0.4) is 0 Å². The zero-order valence-electron chi connectivity index (χ0n) is 5.26. The molecular formula is C6H7N2Sn. The second kappa shape index (κ2) is 3.15. The molecule has 1 heterocycles. The van der Waals surface area contributed by atoms with Crippen molar-refractivity contribution in [1.29, 1.82) is 0 Å². The first-order chi connectivity index (χ1) is 4.33. The molecule has 1 rings (SSSR count). The monoisotopic (exact) mass is 227 g/mol. The summed E-state index contributed by atoms with van der Waals surface area (Å²) in [6, 6.07) is 0. The van der Waals surface area contributed by atoms with Gasteiger partial charge in [-0.15, -0.1) is 0 Å². The molecule has 0 bridgehead atoms. The summed E-state index contributed by atoms with van der Waals surface area (Å²) in [6.07, 6.45) is 3.64. The molecule has 0 spiro atoms. The maximum absolute atomic E-state index is 4.16. The van der Waals surface area contributed by atoms with Crippen LogP contribution in [0.15, 0.2) is 12.4 Å². The van der Waals surface area contributed by atoms with Crippen LogP contribution in [0, 0.1) is 6.92 Å². The van der Waals surface area contributed by atoms with E-state index in [0.29, 0.717) is 0 Å². The van der Waals surface area contributed by atoms with Gasteiger partial charge in [-0.05, 0) is 0 Å². The summed E-state index contributed by atoms with van der Waals surface area (Å²) < 4.78 is 1.06. The quantitative estimate of drug-likeness (QED) is 0.649. The first kappa shape index (κ1) is 6.99. The number of nitrogens with zero attached hydrogens (tertiary/aromatic N) is 2. The third kappa shape index (κ3) is 1.93. The molecule has 0 aliphatic heterocycles. The van der Waals surface area contributed by atoms with Gasteiger partial charge in [0.1, 0.15) is 0 Å². The Balaban J connectivity index is 2.88. The number of aryl methyl sites for hydroxylation is 1. The third-order valence-corrected chi connectivity index (χ3v) is 2.05. The second-order valence-electron chi connectivity index (χ2n) is 1.83. The van der Waals surface area contributed by atoms with Gasteiger partial charge in [-0.25, -0.2) is 0 Å². The van der Waals surface area contributed by atoms with E-state index in [1.165, 1.54) is 22.5 Å². The Bertz CT molecular complexity index is 183. The van der Waals surface area contributed by atoms with E-state index in [2.05, 4.69) is 9.97 Å². The second-order valence-corrected chi connectivity index (χ2v) is 2.83. The van der Waals surface area contributed by atoms with Gasteiger partial charge in [0.05, 0.1) is 0 Å². The normalized spacial score (nSPS) is 9.56. The standard InChI is InChI=1S/C6H7N2.Sn/c1-5-3-8-6(2)4-7-5;/h3-4H,1H2,2H3;. The minimum absolute atomic E-state index is 0.989. The van der Waals surface area contributed by atoms with Crippen molar-refractivity contribution < 1.29 is 0 Å². The average molecular weight is 226 g/mol. The molecule has 1 aromatic heterocycles. The molecule has 0 saturated heterocycles. The van der Waals surface area contributed by atoms with Crippen molar-refractivity contribution >= 4 is 22.5 Å². The van der Waals surface area contributed by atoms with Crippen LogP contribution in [0.5, 0.6) is 0 Å². The van der Waals surface area contributed by atoms with Gasteiger partial charge in [-0.1, -0.05) is 0 Å². The molecule has 0 aliphatic carbocycles. The molecule has 0 saturated carbocycles. The molecule has 0 fully saturated rings. The van der Waals surface area contributed by atoms with Crippen molar-refractivity contribution in [3.63, 3.8) is 0 Å². The molecule has 0 aromatic carbocycles. The molecule has 2 nitrogen and oxygen atoms in total. The van der Waals surface area contributed by atoms with Gasteiger partial charge in [0.2, 0.25) is 0 Å². The van der Waals surface area contributed by atoms with Gasteiger partial charge < -0.3 is 0 Å². The van der Waals surface area contributed by atoms with E-state index in [0.717, 1.165) is 15.8 Å². The van der Waals surface area contributed by atoms with Crippen LogP contribution in [0.1, 0.15) is 11.4 Å². The average Bonchev–Trinajstić information content (AvgIpc) is 1.90. The zero-order chi connectivity index (χ0) is 6.69. The third-order valence-electron chi connectivity index (χ3n) is 1.02. The van der Waals surface area contributed by atoms with Crippen molar-refractivity contribution in [2.45, 2.75) is 11.4 Å². The molecule has 1 aromatic rings. The number of hydrogen-bond acceptors (Lipinski definition) is 2. The Hall–Kier alpha value is -0.121. The van der Waals surface area contributed by atoms with Crippen LogP contribution < -0.4 is 0 Å². The van der Waals surface area contributed by atoms with Gasteiger partial charge in [-0.3, -0.25) is 0 Å².